The molecule has 2 fully saturated rings. The first kappa shape index (κ1) is 8.10. The molecule has 2 saturated carbocycles. The predicted molar refractivity (Wildman–Crippen MR) is 53.0 cm³/mol. The first-order valence-corrected chi connectivity index (χ1v) is 5.06. The average molecular weight is 162 g/mol. The lowest BCUT2D eigenvalue weighted by molar-refractivity contribution is -0.0363. The molecular weight excluding hydrogens is 144 g/mol. The summed E-state index contributed by atoms with van der Waals surface area (Å²) in [4.78, 5) is 0. The quantitative estimate of drug-likeness (QED) is 0.543. The van der Waals surface area contributed by atoms with E-state index in [1.807, 2.05) is 0 Å². The highest BCUT2D eigenvalue weighted by Gasteiger charge is 2.55. The van der Waals surface area contributed by atoms with Crippen LogP contribution in [0.5, 0.6) is 0 Å². The van der Waals surface area contributed by atoms with Gasteiger partial charge in [-0.05, 0) is 36.5 Å². The summed E-state index contributed by atoms with van der Waals surface area (Å²) in [6, 6.07) is 0. The van der Waals surface area contributed by atoms with Crippen molar-refractivity contribution >= 4 is 0 Å². The Morgan fingerprint density at radius 2 is 1.17 bits per heavy atom. The number of hydrogen-bond acceptors (Lipinski definition) is 0. The molecule has 2 aliphatic rings. The van der Waals surface area contributed by atoms with Crippen molar-refractivity contribution in [1.82, 2.24) is 0 Å². The third-order valence-corrected chi connectivity index (χ3v) is 4.29. The van der Waals surface area contributed by atoms with Gasteiger partial charge in [-0.3, -0.25) is 0 Å². The van der Waals surface area contributed by atoms with Crippen LogP contribution in [0.15, 0.2) is 25.3 Å². The Bertz CT molecular complexity index is 192. The predicted octanol–water partition coefficient (Wildman–Crippen LogP) is 3.70. The molecule has 0 aliphatic heterocycles. The van der Waals surface area contributed by atoms with Gasteiger partial charge in [-0.15, -0.1) is 13.2 Å². The largest absolute Gasteiger partial charge is 0.102 e. The molecule has 0 aromatic heterocycles. The summed E-state index contributed by atoms with van der Waals surface area (Å²) in [6.07, 6.45) is 12.6. The van der Waals surface area contributed by atoms with Crippen molar-refractivity contribution in [2.24, 2.45) is 10.8 Å². The molecule has 0 unspecified atom stereocenters. The summed E-state index contributed by atoms with van der Waals surface area (Å²) in [5.41, 5.74) is 0.903. The summed E-state index contributed by atoms with van der Waals surface area (Å²) < 4.78 is 0. The third kappa shape index (κ3) is 0.734. The Morgan fingerprint density at radius 3 is 1.42 bits per heavy atom. The molecule has 0 N–H and O–H groups in total. The molecule has 2 atom stereocenters. The SMILES string of the molecule is C=C[C@@]12CCCC[C@]1(C=C)CC2. The molecule has 0 spiro atoms. The fourth-order valence-corrected chi connectivity index (χ4v) is 3.21. The number of rotatable bonds is 2. The summed E-state index contributed by atoms with van der Waals surface area (Å²) in [7, 11) is 0. The van der Waals surface area contributed by atoms with Gasteiger partial charge in [0.05, 0.1) is 0 Å². The Morgan fingerprint density at radius 1 is 0.750 bits per heavy atom. The maximum Gasteiger partial charge on any atom is -0.00298 e. The van der Waals surface area contributed by atoms with Crippen molar-refractivity contribution in [1.29, 1.82) is 0 Å². The van der Waals surface area contributed by atoms with Gasteiger partial charge in [-0.2, -0.15) is 0 Å². The van der Waals surface area contributed by atoms with Gasteiger partial charge in [-0.25, -0.2) is 0 Å². The highest BCUT2D eigenvalue weighted by atomic mass is 14.6. The van der Waals surface area contributed by atoms with E-state index in [0.29, 0.717) is 10.8 Å². The number of allylic oxidation sites excluding steroid dienone is 2. The second kappa shape index (κ2) is 2.48. The topological polar surface area (TPSA) is 0 Å². The van der Waals surface area contributed by atoms with Crippen molar-refractivity contribution in [3.05, 3.63) is 25.3 Å². The van der Waals surface area contributed by atoms with Gasteiger partial charge in [0.15, 0.2) is 0 Å². The summed E-state index contributed by atoms with van der Waals surface area (Å²) in [5, 5.41) is 0. The average Bonchev–Trinajstić information content (AvgIpc) is 2.09. The second-order valence-electron chi connectivity index (χ2n) is 4.43. The van der Waals surface area contributed by atoms with E-state index in [0.717, 1.165) is 0 Å². The van der Waals surface area contributed by atoms with E-state index in [-0.39, 0.29) is 0 Å². The van der Waals surface area contributed by atoms with Crippen molar-refractivity contribution in [3.63, 3.8) is 0 Å². The van der Waals surface area contributed by atoms with Crippen LogP contribution in [-0.2, 0) is 0 Å². The summed E-state index contributed by atoms with van der Waals surface area (Å²) in [6.45, 7) is 8.01. The van der Waals surface area contributed by atoms with Gasteiger partial charge < -0.3 is 0 Å². The Kier molecular flexibility index (Phi) is 1.67. The van der Waals surface area contributed by atoms with E-state index >= 15 is 0 Å². The van der Waals surface area contributed by atoms with Crippen LogP contribution in [0.4, 0.5) is 0 Å². The molecule has 0 aromatic rings. The Hall–Kier alpha value is -0.520. The summed E-state index contributed by atoms with van der Waals surface area (Å²) >= 11 is 0. The maximum absolute atomic E-state index is 4.00. The molecule has 0 heterocycles. The highest BCUT2D eigenvalue weighted by Crippen LogP contribution is 2.65. The fourth-order valence-electron chi connectivity index (χ4n) is 3.21. The van der Waals surface area contributed by atoms with Gasteiger partial charge in [0.2, 0.25) is 0 Å². The van der Waals surface area contributed by atoms with Gasteiger partial charge in [0.1, 0.15) is 0 Å². The zero-order chi connectivity index (χ0) is 8.66. The van der Waals surface area contributed by atoms with Crippen LogP contribution in [0.1, 0.15) is 38.5 Å². The van der Waals surface area contributed by atoms with E-state index in [4.69, 9.17) is 0 Å². The molecule has 0 radical (unpaired) electrons. The van der Waals surface area contributed by atoms with E-state index in [1.54, 1.807) is 0 Å². The zero-order valence-corrected chi connectivity index (χ0v) is 7.81. The summed E-state index contributed by atoms with van der Waals surface area (Å²) in [5.74, 6) is 0. The van der Waals surface area contributed by atoms with Gasteiger partial charge in [-0.1, -0.05) is 25.0 Å². The molecule has 0 saturated heterocycles. The molecule has 0 aromatic carbocycles. The standard InChI is InChI=1S/C12H18/c1-3-11-7-5-6-8-12(11,4-2)10-9-11/h3-4H,1-2,5-10H2/t11-,12+. The van der Waals surface area contributed by atoms with Crippen LogP contribution >= 0.6 is 0 Å². The van der Waals surface area contributed by atoms with Crippen molar-refractivity contribution < 1.29 is 0 Å². The van der Waals surface area contributed by atoms with Crippen LogP contribution in [0.2, 0.25) is 0 Å². The van der Waals surface area contributed by atoms with Crippen LogP contribution in [0.3, 0.4) is 0 Å². The molecule has 0 heteroatoms. The minimum atomic E-state index is 0.451. The molecular formula is C12H18. The lowest BCUT2D eigenvalue weighted by Crippen LogP contribution is -2.50. The molecule has 0 amide bonds. The third-order valence-electron chi connectivity index (χ3n) is 4.29. The minimum Gasteiger partial charge on any atom is -0.102 e. The second-order valence-corrected chi connectivity index (χ2v) is 4.43. The number of hydrogen-bond donors (Lipinski definition) is 0. The lowest BCUT2D eigenvalue weighted by atomic mass is 9.44. The number of fused-ring (bicyclic) bond motifs is 1. The first-order chi connectivity index (χ1) is 5.79. The molecule has 2 rings (SSSR count). The van der Waals surface area contributed by atoms with Crippen LogP contribution in [0, 0.1) is 10.8 Å². The smallest absolute Gasteiger partial charge is 0.00298 e. The Balaban J connectivity index is 2.30. The fraction of sp³-hybridized carbons (Fsp3) is 0.667. The van der Waals surface area contributed by atoms with Crippen molar-refractivity contribution in [3.8, 4) is 0 Å². The van der Waals surface area contributed by atoms with Gasteiger partial charge in [0, 0.05) is 0 Å². The zero-order valence-electron chi connectivity index (χ0n) is 7.81. The lowest BCUT2D eigenvalue weighted by Gasteiger charge is -2.60. The maximum atomic E-state index is 4.00. The van der Waals surface area contributed by atoms with Crippen LogP contribution < -0.4 is 0 Å². The molecule has 12 heavy (non-hydrogen) atoms. The monoisotopic (exact) mass is 162 g/mol. The highest BCUT2D eigenvalue weighted by molar-refractivity contribution is 5.21. The van der Waals surface area contributed by atoms with Crippen molar-refractivity contribution in [2.45, 2.75) is 38.5 Å². The molecule has 0 nitrogen and oxygen atoms in total. The minimum absolute atomic E-state index is 0.451. The van der Waals surface area contributed by atoms with Gasteiger partial charge in [0.25, 0.3) is 0 Å². The molecule has 0 bridgehead atoms. The van der Waals surface area contributed by atoms with Gasteiger partial charge >= 0.3 is 0 Å². The molecule has 2 aliphatic carbocycles. The van der Waals surface area contributed by atoms with Crippen LogP contribution in [-0.4, -0.2) is 0 Å². The van der Waals surface area contributed by atoms with E-state index in [2.05, 4.69) is 25.3 Å². The van der Waals surface area contributed by atoms with E-state index in [1.165, 1.54) is 38.5 Å². The Labute approximate surface area is 75.4 Å². The first-order valence-electron chi connectivity index (χ1n) is 5.06. The van der Waals surface area contributed by atoms with E-state index in [9.17, 15) is 0 Å². The molecule has 66 valence electrons. The van der Waals surface area contributed by atoms with E-state index < -0.39 is 0 Å². The van der Waals surface area contributed by atoms with Crippen molar-refractivity contribution in [2.75, 3.05) is 0 Å². The normalized spacial score (nSPS) is 45.7. The van der Waals surface area contributed by atoms with Crippen LogP contribution in [0.25, 0.3) is 0 Å².